The van der Waals surface area contributed by atoms with Gasteiger partial charge in [0.25, 0.3) is 5.91 Å². The van der Waals surface area contributed by atoms with Gasteiger partial charge in [-0.25, -0.2) is 0 Å². The Morgan fingerprint density at radius 1 is 1.10 bits per heavy atom. The van der Waals surface area contributed by atoms with Gasteiger partial charge in [0.1, 0.15) is 0 Å². The van der Waals surface area contributed by atoms with Crippen LogP contribution in [0.15, 0.2) is 24.3 Å². The lowest BCUT2D eigenvalue weighted by Crippen LogP contribution is -2.58. The first kappa shape index (κ1) is 21.3. The number of nitrogens with one attached hydrogen (secondary N) is 1. The lowest BCUT2D eigenvalue weighted by molar-refractivity contribution is -0.129. The van der Waals surface area contributed by atoms with E-state index in [2.05, 4.69) is 10.2 Å². The minimum Gasteiger partial charge on any atom is -0.376 e. The second-order valence-corrected chi connectivity index (χ2v) is 9.07. The Bertz CT molecular complexity index is 733. The quantitative estimate of drug-likeness (QED) is 0.779. The number of carbonyl (C=O) groups excluding carboxylic acids is 2. The average molecular weight is 414 g/mol. The molecule has 0 bridgehead atoms. The molecule has 2 saturated heterocycles. The maximum absolute atomic E-state index is 13.2. The van der Waals surface area contributed by atoms with Crippen LogP contribution in [0.1, 0.15) is 54.4 Å². The van der Waals surface area contributed by atoms with E-state index in [1.807, 2.05) is 36.1 Å². The molecular weight excluding hydrogens is 378 g/mol. The van der Waals surface area contributed by atoms with E-state index in [1.54, 1.807) is 0 Å². The zero-order chi connectivity index (χ0) is 20.9. The first-order valence-electron chi connectivity index (χ1n) is 11.6. The van der Waals surface area contributed by atoms with Gasteiger partial charge in [0, 0.05) is 44.9 Å². The van der Waals surface area contributed by atoms with E-state index in [-0.39, 0.29) is 24.0 Å². The maximum Gasteiger partial charge on any atom is 0.253 e. The summed E-state index contributed by atoms with van der Waals surface area (Å²) in [5, 5.41) is 3.18. The van der Waals surface area contributed by atoms with Gasteiger partial charge in [-0.05, 0) is 50.7 Å². The van der Waals surface area contributed by atoms with Crippen molar-refractivity contribution < 1.29 is 14.3 Å². The van der Waals surface area contributed by atoms with Crippen LogP contribution in [-0.4, -0.2) is 73.1 Å². The second kappa shape index (κ2) is 9.92. The first-order valence-corrected chi connectivity index (χ1v) is 11.6. The molecule has 2 atom stereocenters. The highest BCUT2D eigenvalue weighted by molar-refractivity contribution is 5.94. The Balaban J connectivity index is 1.36. The number of ether oxygens (including phenoxy) is 1. The van der Waals surface area contributed by atoms with E-state index in [1.165, 1.54) is 12.8 Å². The Morgan fingerprint density at radius 2 is 1.87 bits per heavy atom. The molecule has 4 rings (SSSR count). The largest absolute Gasteiger partial charge is 0.376 e. The topological polar surface area (TPSA) is 61.9 Å². The predicted octanol–water partition coefficient (Wildman–Crippen LogP) is 2.61. The molecule has 2 heterocycles. The number of benzene rings is 1. The number of nitrogens with zero attached hydrogens (tertiary/aromatic N) is 2. The van der Waals surface area contributed by atoms with Crippen molar-refractivity contribution in [1.29, 1.82) is 0 Å². The Morgan fingerprint density at radius 3 is 2.53 bits per heavy atom. The maximum atomic E-state index is 13.2. The third kappa shape index (κ3) is 5.03. The lowest BCUT2D eigenvalue weighted by atomic mass is 9.94. The fourth-order valence-corrected chi connectivity index (χ4v) is 5.24. The summed E-state index contributed by atoms with van der Waals surface area (Å²) in [6.45, 7) is 6.30. The molecule has 2 aliphatic heterocycles. The van der Waals surface area contributed by atoms with Gasteiger partial charge >= 0.3 is 0 Å². The third-order valence-electron chi connectivity index (χ3n) is 6.90. The monoisotopic (exact) mass is 413 g/mol. The Hall–Kier alpha value is -1.92. The summed E-state index contributed by atoms with van der Waals surface area (Å²) in [4.78, 5) is 30.3. The van der Waals surface area contributed by atoms with Crippen molar-refractivity contribution in [3.63, 3.8) is 0 Å². The molecule has 6 heteroatoms. The molecule has 0 unspecified atom stereocenters. The van der Waals surface area contributed by atoms with Gasteiger partial charge in [-0.2, -0.15) is 0 Å². The van der Waals surface area contributed by atoms with E-state index in [0.717, 1.165) is 56.5 Å². The van der Waals surface area contributed by atoms with Crippen LogP contribution in [0.5, 0.6) is 0 Å². The molecule has 6 nitrogen and oxygen atoms in total. The minimum absolute atomic E-state index is 0.0786. The average Bonchev–Trinajstić information content (AvgIpc) is 3.47. The van der Waals surface area contributed by atoms with Gasteiger partial charge < -0.3 is 15.0 Å². The van der Waals surface area contributed by atoms with Crippen molar-refractivity contribution in [3.05, 3.63) is 35.4 Å². The van der Waals surface area contributed by atoms with Crippen molar-refractivity contribution in [2.45, 2.75) is 57.6 Å². The van der Waals surface area contributed by atoms with Crippen LogP contribution in [0.3, 0.4) is 0 Å². The highest BCUT2D eigenvalue weighted by Gasteiger charge is 2.37. The highest BCUT2D eigenvalue weighted by atomic mass is 16.5. The first-order chi connectivity index (χ1) is 14.6. The van der Waals surface area contributed by atoms with Gasteiger partial charge in [0.05, 0.1) is 12.1 Å². The minimum atomic E-state index is -0.0786. The van der Waals surface area contributed by atoms with E-state index < -0.39 is 0 Å². The fraction of sp³-hybridized carbons (Fsp3) is 0.667. The van der Waals surface area contributed by atoms with Gasteiger partial charge in [0.15, 0.2) is 0 Å². The molecule has 1 aromatic rings. The van der Waals surface area contributed by atoms with Crippen LogP contribution < -0.4 is 5.32 Å². The van der Waals surface area contributed by atoms with Gasteiger partial charge in [-0.1, -0.05) is 30.5 Å². The molecule has 1 N–H and O–H groups in total. The van der Waals surface area contributed by atoms with Gasteiger partial charge in [-0.3, -0.25) is 14.5 Å². The molecule has 3 aliphatic rings. The van der Waals surface area contributed by atoms with Crippen LogP contribution in [0.25, 0.3) is 0 Å². The SMILES string of the molecule is Cc1cccc(C(=O)N2CCN([C@H](C(=O)NC[C@@H]3CCCO3)C3CCCC3)CC2)c1. The van der Waals surface area contributed by atoms with Crippen molar-refractivity contribution in [3.8, 4) is 0 Å². The smallest absolute Gasteiger partial charge is 0.253 e. The highest BCUT2D eigenvalue weighted by Crippen LogP contribution is 2.31. The summed E-state index contributed by atoms with van der Waals surface area (Å²) in [7, 11) is 0. The number of rotatable bonds is 6. The van der Waals surface area contributed by atoms with Crippen molar-refractivity contribution in [1.82, 2.24) is 15.1 Å². The summed E-state index contributed by atoms with van der Waals surface area (Å²) in [6, 6.07) is 7.71. The summed E-state index contributed by atoms with van der Waals surface area (Å²) in [5.41, 5.74) is 1.86. The van der Waals surface area contributed by atoms with Crippen LogP contribution in [0.2, 0.25) is 0 Å². The number of hydrogen-bond acceptors (Lipinski definition) is 4. The number of carbonyl (C=O) groups is 2. The molecule has 1 aliphatic carbocycles. The molecule has 0 aromatic heterocycles. The van der Waals surface area contributed by atoms with Crippen LogP contribution in [0.4, 0.5) is 0 Å². The molecule has 3 fully saturated rings. The zero-order valence-corrected chi connectivity index (χ0v) is 18.1. The van der Waals surface area contributed by atoms with Crippen LogP contribution >= 0.6 is 0 Å². The molecule has 1 aromatic carbocycles. The Labute approximate surface area is 179 Å². The summed E-state index contributed by atoms with van der Waals surface area (Å²) < 4.78 is 5.67. The second-order valence-electron chi connectivity index (χ2n) is 9.07. The fourth-order valence-electron chi connectivity index (χ4n) is 5.24. The summed E-state index contributed by atoms with van der Waals surface area (Å²) in [5.74, 6) is 0.669. The zero-order valence-electron chi connectivity index (χ0n) is 18.1. The molecular formula is C24H35N3O3. The van der Waals surface area contributed by atoms with E-state index in [4.69, 9.17) is 4.74 Å². The Kier molecular flexibility index (Phi) is 7.05. The summed E-state index contributed by atoms with van der Waals surface area (Å²) in [6.07, 6.45) is 6.97. The van der Waals surface area contributed by atoms with E-state index in [9.17, 15) is 9.59 Å². The van der Waals surface area contributed by atoms with Crippen LogP contribution in [-0.2, 0) is 9.53 Å². The molecule has 164 valence electrons. The predicted molar refractivity (Wildman–Crippen MR) is 116 cm³/mol. The van der Waals surface area contributed by atoms with Crippen molar-refractivity contribution in [2.75, 3.05) is 39.3 Å². The molecule has 2 amide bonds. The number of aryl methyl sites for hydroxylation is 1. The lowest BCUT2D eigenvalue weighted by Gasteiger charge is -2.41. The van der Waals surface area contributed by atoms with Crippen molar-refractivity contribution in [2.24, 2.45) is 5.92 Å². The normalized spacial score (nSPS) is 24.2. The number of hydrogen-bond donors (Lipinski definition) is 1. The van der Waals surface area contributed by atoms with Gasteiger partial charge in [-0.15, -0.1) is 0 Å². The number of amides is 2. The molecule has 1 saturated carbocycles. The van der Waals surface area contributed by atoms with E-state index >= 15 is 0 Å². The molecule has 30 heavy (non-hydrogen) atoms. The summed E-state index contributed by atoms with van der Waals surface area (Å²) >= 11 is 0. The van der Waals surface area contributed by atoms with Gasteiger partial charge in [0.2, 0.25) is 5.91 Å². The standard InChI is InChI=1S/C24H35N3O3/c1-18-6-4-9-20(16-18)24(29)27-13-11-26(12-14-27)22(19-7-2-3-8-19)23(28)25-17-21-10-5-15-30-21/h4,6,9,16,19,21-22H,2-3,5,7-8,10-15,17H2,1H3,(H,25,28)/t21-,22-/m0/s1. The number of piperazine rings is 1. The molecule has 0 spiro atoms. The van der Waals surface area contributed by atoms with Crippen LogP contribution in [0, 0.1) is 12.8 Å². The van der Waals surface area contributed by atoms with E-state index in [0.29, 0.717) is 25.6 Å². The van der Waals surface area contributed by atoms with Crippen molar-refractivity contribution >= 4 is 11.8 Å². The third-order valence-corrected chi connectivity index (χ3v) is 6.90. The molecule has 0 radical (unpaired) electrons.